The maximum Gasteiger partial charge on any atom is 0.200 e. The molecule has 0 saturated heterocycles. The Morgan fingerprint density at radius 3 is 2.00 bits per heavy atom. The Hall–Kier alpha value is -2.53. The van der Waals surface area contributed by atoms with E-state index in [0.29, 0.717) is 41.6 Å². The minimum atomic E-state index is -0.164. The lowest BCUT2D eigenvalue weighted by Gasteiger charge is -2.12. The lowest BCUT2D eigenvalue weighted by atomic mass is 10.0. The summed E-state index contributed by atoms with van der Waals surface area (Å²) in [4.78, 5) is 12.8. The fourth-order valence-corrected chi connectivity index (χ4v) is 2.16. The maximum absolute atomic E-state index is 12.8. The van der Waals surface area contributed by atoms with Crippen LogP contribution in [0.2, 0.25) is 0 Å². The number of hydrogen-bond acceptors (Lipinski definition) is 5. The monoisotopic (exact) mass is 316 g/mol. The lowest BCUT2D eigenvalue weighted by molar-refractivity contribution is 0.103. The maximum atomic E-state index is 12.8. The van der Waals surface area contributed by atoms with Crippen LogP contribution in [-0.2, 0) is 4.74 Å². The summed E-state index contributed by atoms with van der Waals surface area (Å²) < 4.78 is 21.0. The predicted molar refractivity (Wildman–Crippen MR) is 86.8 cm³/mol. The van der Waals surface area contributed by atoms with Gasteiger partial charge < -0.3 is 18.9 Å². The molecule has 0 heterocycles. The van der Waals surface area contributed by atoms with Crippen molar-refractivity contribution < 1.29 is 23.7 Å². The van der Waals surface area contributed by atoms with Gasteiger partial charge in [-0.05, 0) is 36.4 Å². The molecule has 0 aromatic heterocycles. The Balaban J connectivity index is 2.24. The minimum absolute atomic E-state index is 0.164. The Morgan fingerprint density at radius 1 is 0.870 bits per heavy atom. The van der Waals surface area contributed by atoms with Gasteiger partial charge in [-0.3, -0.25) is 4.79 Å². The van der Waals surface area contributed by atoms with Gasteiger partial charge >= 0.3 is 0 Å². The van der Waals surface area contributed by atoms with E-state index in [1.807, 2.05) is 0 Å². The molecule has 5 nitrogen and oxygen atoms in total. The Labute approximate surface area is 135 Å². The van der Waals surface area contributed by atoms with Crippen LogP contribution in [0.5, 0.6) is 17.2 Å². The molecule has 2 aromatic carbocycles. The quantitative estimate of drug-likeness (QED) is 0.553. The molecule has 5 heteroatoms. The standard InChI is InChI=1S/C18H20O5/c1-20-11-12-23-14-9-7-13(8-10-14)18(19)17-15(21-2)5-4-6-16(17)22-3/h4-10H,11-12H2,1-3H3. The molecular formula is C18H20O5. The molecule has 0 aliphatic carbocycles. The molecule has 0 atom stereocenters. The second kappa shape index (κ2) is 8.19. The minimum Gasteiger partial charge on any atom is -0.496 e. The summed E-state index contributed by atoms with van der Waals surface area (Å²) in [7, 11) is 4.67. The average Bonchev–Trinajstić information content (AvgIpc) is 2.61. The third-order valence-corrected chi connectivity index (χ3v) is 3.33. The zero-order valence-electron chi connectivity index (χ0n) is 13.5. The van der Waals surface area contributed by atoms with Gasteiger partial charge in [-0.25, -0.2) is 0 Å². The highest BCUT2D eigenvalue weighted by atomic mass is 16.5. The Kier molecular flexibility index (Phi) is 6.00. The summed E-state index contributed by atoms with van der Waals surface area (Å²) in [6, 6.07) is 12.2. The van der Waals surface area contributed by atoms with Crippen LogP contribution in [0.1, 0.15) is 15.9 Å². The van der Waals surface area contributed by atoms with Crippen LogP contribution in [0.15, 0.2) is 42.5 Å². The van der Waals surface area contributed by atoms with Gasteiger partial charge in [0.1, 0.15) is 29.4 Å². The molecule has 2 rings (SSSR count). The topological polar surface area (TPSA) is 54.0 Å². The van der Waals surface area contributed by atoms with Crippen molar-refractivity contribution in [2.45, 2.75) is 0 Å². The highest BCUT2D eigenvalue weighted by molar-refractivity contribution is 6.12. The number of ether oxygens (including phenoxy) is 4. The van der Waals surface area contributed by atoms with E-state index in [9.17, 15) is 4.79 Å². The number of carbonyl (C=O) groups is 1. The van der Waals surface area contributed by atoms with Crippen molar-refractivity contribution in [2.24, 2.45) is 0 Å². The van der Waals surface area contributed by atoms with Crippen LogP contribution in [0.3, 0.4) is 0 Å². The van der Waals surface area contributed by atoms with Crippen molar-refractivity contribution in [1.82, 2.24) is 0 Å². The normalized spacial score (nSPS) is 10.2. The molecule has 2 aromatic rings. The highest BCUT2D eigenvalue weighted by Crippen LogP contribution is 2.30. The zero-order chi connectivity index (χ0) is 16.7. The van der Waals surface area contributed by atoms with Gasteiger partial charge in [0, 0.05) is 12.7 Å². The van der Waals surface area contributed by atoms with E-state index in [1.54, 1.807) is 49.6 Å². The van der Waals surface area contributed by atoms with Crippen LogP contribution < -0.4 is 14.2 Å². The van der Waals surface area contributed by atoms with Crippen molar-refractivity contribution in [1.29, 1.82) is 0 Å². The zero-order valence-corrected chi connectivity index (χ0v) is 13.5. The van der Waals surface area contributed by atoms with Crippen molar-refractivity contribution in [3.05, 3.63) is 53.6 Å². The van der Waals surface area contributed by atoms with E-state index in [1.165, 1.54) is 14.2 Å². The molecule has 0 amide bonds. The van der Waals surface area contributed by atoms with Gasteiger partial charge in [0.25, 0.3) is 0 Å². The summed E-state index contributed by atoms with van der Waals surface area (Å²) in [6.45, 7) is 0.975. The van der Waals surface area contributed by atoms with Crippen molar-refractivity contribution in [2.75, 3.05) is 34.5 Å². The van der Waals surface area contributed by atoms with Crippen molar-refractivity contribution in [3.8, 4) is 17.2 Å². The first kappa shape index (κ1) is 16.8. The first-order chi connectivity index (χ1) is 11.2. The number of methoxy groups -OCH3 is 3. The number of hydrogen-bond donors (Lipinski definition) is 0. The molecule has 0 bridgehead atoms. The number of carbonyl (C=O) groups excluding carboxylic acids is 1. The van der Waals surface area contributed by atoms with Crippen molar-refractivity contribution >= 4 is 5.78 Å². The molecule has 23 heavy (non-hydrogen) atoms. The van der Waals surface area contributed by atoms with Crippen LogP contribution in [-0.4, -0.2) is 40.3 Å². The molecule has 122 valence electrons. The number of ketones is 1. The summed E-state index contributed by atoms with van der Waals surface area (Å²) in [5, 5.41) is 0. The Bertz CT molecular complexity index is 627. The second-order valence-corrected chi connectivity index (χ2v) is 4.73. The van der Waals surface area contributed by atoms with Gasteiger partial charge in [0.05, 0.1) is 20.8 Å². The lowest BCUT2D eigenvalue weighted by Crippen LogP contribution is -2.07. The molecule has 0 aliphatic heterocycles. The first-order valence-corrected chi connectivity index (χ1v) is 7.18. The summed E-state index contributed by atoms with van der Waals surface area (Å²) >= 11 is 0. The number of rotatable bonds is 8. The predicted octanol–water partition coefficient (Wildman–Crippen LogP) is 2.96. The smallest absolute Gasteiger partial charge is 0.200 e. The molecule has 0 aliphatic rings. The first-order valence-electron chi connectivity index (χ1n) is 7.18. The summed E-state index contributed by atoms with van der Waals surface area (Å²) in [5.74, 6) is 1.48. The summed E-state index contributed by atoms with van der Waals surface area (Å²) in [5.41, 5.74) is 0.942. The van der Waals surface area contributed by atoms with E-state index in [0.717, 1.165) is 0 Å². The largest absolute Gasteiger partial charge is 0.496 e. The van der Waals surface area contributed by atoms with E-state index in [-0.39, 0.29) is 5.78 Å². The van der Waals surface area contributed by atoms with E-state index < -0.39 is 0 Å². The molecule has 0 fully saturated rings. The van der Waals surface area contributed by atoms with E-state index in [2.05, 4.69) is 0 Å². The molecule has 0 saturated carbocycles. The third-order valence-electron chi connectivity index (χ3n) is 3.33. The molecule has 0 N–H and O–H groups in total. The van der Waals surface area contributed by atoms with Crippen LogP contribution >= 0.6 is 0 Å². The molecule has 0 spiro atoms. The van der Waals surface area contributed by atoms with Gasteiger partial charge in [-0.1, -0.05) is 6.07 Å². The highest BCUT2D eigenvalue weighted by Gasteiger charge is 2.19. The number of benzene rings is 2. The summed E-state index contributed by atoms with van der Waals surface area (Å²) in [6.07, 6.45) is 0. The van der Waals surface area contributed by atoms with Crippen LogP contribution in [0.25, 0.3) is 0 Å². The Morgan fingerprint density at radius 2 is 1.48 bits per heavy atom. The third kappa shape index (κ3) is 4.02. The van der Waals surface area contributed by atoms with Crippen LogP contribution in [0.4, 0.5) is 0 Å². The van der Waals surface area contributed by atoms with Gasteiger partial charge in [-0.15, -0.1) is 0 Å². The SMILES string of the molecule is COCCOc1ccc(C(=O)c2c(OC)cccc2OC)cc1. The van der Waals surface area contributed by atoms with Gasteiger partial charge in [0.15, 0.2) is 0 Å². The fourth-order valence-electron chi connectivity index (χ4n) is 2.16. The van der Waals surface area contributed by atoms with Crippen molar-refractivity contribution in [3.63, 3.8) is 0 Å². The van der Waals surface area contributed by atoms with Gasteiger partial charge in [0.2, 0.25) is 5.78 Å². The second-order valence-electron chi connectivity index (χ2n) is 4.73. The molecule has 0 unspecified atom stereocenters. The fraction of sp³-hybridized carbons (Fsp3) is 0.278. The molecule has 0 radical (unpaired) electrons. The molecular weight excluding hydrogens is 296 g/mol. The van der Waals surface area contributed by atoms with E-state index >= 15 is 0 Å². The van der Waals surface area contributed by atoms with Gasteiger partial charge in [-0.2, -0.15) is 0 Å². The van der Waals surface area contributed by atoms with E-state index in [4.69, 9.17) is 18.9 Å². The average molecular weight is 316 g/mol. The van der Waals surface area contributed by atoms with Crippen LogP contribution in [0, 0.1) is 0 Å².